The first kappa shape index (κ1) is 14.0. The molecular formula is C14H18O5. The zero-order valence-electron chi connectivity index (χ0n) is 10.8. The van der Waals surface area contributed by atoms with Crippen molar-refractivity contribution in [3.8, 4) is 0 Å². The summed E-state index contributed by atoms with van der Waals surface area (Å²) in [5.41, 5.74) is 0.517. The van der Waals surface area contributed by atoms with Gasteiger partial charge in [0.2, 0.25) is 0 Å². The standard InChI is InChI=1S/C14H18O5/c1-17-13-8-11(7-12(9-15)18-13)19-14(16)10-5-3-2-4-6-10/h2-6,11-13,15H,7-9H2,1H3/t11-,12+,13-/m1/s1. The highest BCUT2D eigenvalue weighted by Gasteiger charge is 2.31. The number of aliphatic hydroxyl groups is 1. The van der Waals surface area contributed by atoms with Gasteiger partial charge < -0.3 is 19.3 Å². The van der Waals surface area contributed by atoms with Crippen LogP contribution in [0.2, 0.25) is 0 Å². The molecule has 0 radical (unpaired) electrons. The molecule has 104 valence electrons. The highest BCUT2D eigenvalue weighted by molar-refractivity contribution is 5.89. The second-order valence-corrected chi connectivity index (χ2v) is 4.47. The van der Waals surface area contributed by atoms with Gasteiger partial charge in [-0.1, -0.05) is 18.2 Å². The lowest BCUT2D eigenvalue weighted by atomic mass is 10.1. The lowest BCUT2D eigenvalue weighted by Crippen LogP contribution is -2.40. The van der Waals surface area contributed by atoms with Gasteiger partial charge in [0.25, 0.3) is 0 Å². The Morgan fingerprint density at radius 3 is 2.74 bits per heavy atom. The summed E-state index contributed by atoms with van der Waals surface area (Å²) in [6, 6.07) is 8.83. The van der Waals surface area contributed by atoms with Crippen LogP contribution in [0.25, 0.3) is 0 Å². The van der Waals surface area contributed by atoms with E-state index in [0.29, 0.717) is 18.4 Å². The van der Waals surface area contributed by atoms with E-state index in [2.05, 4.69) is 0 Å². The monoisotopic (exact) mass is 266 g/mol. The Bertz CT molecular complexity index is 394. The SMILES string of the molecule is CO[C@H]1C[C@H](OC(=O)c2ccccc2)C[C@@H](CO)O1. The molecule has 1 saturated heterocycles. The molecule has 5 heteroatoms. The summed E-state index contributed by atoms with van der Waals surface area (Å²) in [4.78, 5) is 11.9. The molecule has 0 spiro atoms. The number of methoxy groups -OCH3 is 1. The van der Waals surface area contributed by atoms with Crippen LogP contribution in [0.4, 0.5) is 0 Å². The van der Waals surface area contributed by atoms with Crippen LogP contribution in [0, 0.1) is 0 Å². The molecule has 1 fully saturated rings. The Morgan fingerprint density at radius 1 is 1.37 bits per heavy atom. The van der Waals surface area contributed by atoms with Crippen LogP contribution >= 0.6 is 0 Å². The van der Waals surface area contributed by atoms with Crippen molar-refractivity contribution in [3.05, 3.63) is 35.9 Å². The van der Waals surface area contributed by atoms with Gasteiger partial charge in [0.1, 0.15) is 6.10 Å². The van der Waals surface area contributed by atoms with Crippen molar-refractivity contribution in [1.29, 1.82) is 0 Å². The molecule has 1 aromatic rings. The smallest absolute Gasteiger partial charge is 0.338 e. The second-order valence-electron chi connectivity index (χ2n) is 4.47. The fourth-order valence-corrected chi connectivity index (χ4v) is 2.09. The van der Waals surface area contributed by atoms with Crippen molar-refractivity contribution in [3.63, 3.8) is 0 Å². The summed E-state index contributed by atoms with van der Waals surface area (Å²) in [5.74, 6) is -0.362. The molecule has 1 aliphatic heterocycles. The number of benzene rings is 1. The maximum absolute atomic E-state index is 11.9. The minimum Gasteiger partial charge on any atom is -0.458 e. The van der Waals surface area contributed by atoms with Crippen molar-refractivity contribution in [1.82, 2.24) is 0 Å². The third kappa shape index (κ3) is 3.76. The van der Waals surface area contributed by atoms with Crippen LogP contribution in [0.5, 0.6) is 0 Å². The fourth-order valence-electron chi connectivity index (χ4n) is 2.09. The van der Waals surface area contributed by atoms with Crippen molar-refractivity contribution in [2.24, 2.45) is 0 Å². The predicted molar refractivity (Wildman–Crippen MR) is 67.6 cm³/mol. The van der Waals surface area contributed by atoms with Crippen LogP contribution in [0.3, 0.4) is 0 Å². The Labute approximate surface area is 112 Å². The molecule has 2 rings (SSSR count). The topological polar surface area (TPSA) is 65.0 Å². The Kier molecular flexibility index (Phi) is 4.90. The third-order valence-corrected chi connectivity index (χ3v) is 3.08. The minimum atomic E-state index is -0.445. The number of rotatable bonds is 4. The van der Waals surface area contributed by atoms with Crippen LogP contribution < -0.4 is 0 Å². The summed E-state index contributed by atoms with van der Waals surface area (Å²) in [7, 11) is 1.53. The molecule has 0 saturated carbocycles. The van der Waals surface area contributed by atoms with E-state index in [0.717, 1.165) is 0 Å². The first-order valence-corrected chi connectivity index (χ1v) is 6.28. The molecular weight excluding hydrogens is 248 g/mol. The average Bonchev–Trinajstić information content (AvgIpc) is 2.47. The van der Waals surface area contributed by atoms with E-state index in [1.807, 2.05) is 6.07 Å². The molecule has 1 aromatic carbocycles. The lowest BCUT2D eigenvalue weighted by Gasteiger charge is -2.33. The summed E-state index contributed by atoms with van der Waals surface area (Å²) in [6.07, 6.45) is -0.143. The minimum absolute atomic E-state index is 0.112. The van der Waals surface area contributed by atoms with E-state index in [1.54, 1.807) is 24.3 Å². The molecule has 19 heavy (non-hydrogen) atoms. The second kappa shape index (κ2) is 6.65. The Balaban J connectivity index is 1.96. The molecule has 0 amide bonds. The summed E-state index contributed by atoms with van der Waals surface area (Å²) < 4.78 is 16.0. The van der Waals surface area contributed by atoms with E-state index < -0.39 is 6.29 Å². The first-order chi connectivity index (χ1) is 9.22. The van der Waals surface area contributed by atoms with Crippen molar-refractivity contribution >= 4 is 5.97 Å². The summed E-state index contributed by atoms with van der Waals surface area (Å²) >= 11 is 0. The summed E-state index contributed by atoms with van der Waals surface area (Å²) in [5, 5.41) is 9.15. The quantitative estimate of drug-likeness (QED) is 0.833. The van der Waals surface area contributed by atoms with Gasteiger partial charge >= 0.3 is 5.97 Å². The van der Waals surface area contributed by atoms with E-state index in [4.69, 9.17) is 19.3 Å². The predicted octanol–water partition coefficient (Wildman–Crippen LogP) is 1.36. The lowest BCUT2D eigenvalue weighted by molar-refractivity contribution is -0.210. The average molecular weight is 266 g/mol. The van der Waals surface area contributed by atoms with Gasteiger partial charge in [-0.05, 0) is 12.1 Å². The third-order valence-electron chi connectivity index (χ3n) is 3.08. The Morgan fingerprint density at radius 2 is 2.11 bits per heavy atom. The van der Waals surface area contributed by atoms with Gasteiger partial charge in [-0.25, -0.2) is 4.79 Å². The van der Waals surface area contributed by atoms with Gasteiger partial charge in [-0.3, -0.25) is 0 Å². The van der Waals surface area contributed by atoms with E-state index >= 15 is 0 Å². The van der Waals surface area contributed by atoms with Crippen LogP contribution in [0.1, 0.15) is 23.2 Å². The van der Waals surface area contributed by atoms with Crippen LogP contribution in [0.15, 0.2) is 30.3 Å². The fraction of sp³-hybridized carbons (Fsp3) is 0.500. The van der Waals surface area contributed by atoms with Gasteiger partial charge in [0.05, 0.1) is 18.3 Å². The normalized spacial score (nSPS) is 26.9. The summed E-state index contributed by atoms with van der Waals surface area (Å²) in [6.45, 7) is -0.112. The molecule has 0 bridgehead atoms. The maximum atomic E-state index is 11.9. The zero-order chi connectivity index (χ0) is 13.7. The van der Waals surface area contributed by atoms with E-state index in [1.165, 1.54) is 7.11 Å². The maximum Gasteiger partial charge on any atom is 0.338 e. The Hall–Kier alpha value is -1.43. The highest BCUT2D eigenvalue weighted by atomic mass is 16.7. The first-order valence-electron chi connectivity index (χ1n) is 6.28. The van der Waals surface area contributed by atoms with Crippen molar-refractivity contribution in [2.45, 2.75) is 31.3 Å². The largest absolute Gasteiger partial charge is 0.458 e. The molecule has 1 heterocycles. The highest BCUT2D eigenvalue weighted by Crippen LogP contribution is 2.23. The van der Waals surface area contributed by atoms with Crippen molar-refractivity contribution in [2.75, 3.05) is 13.7 Å². The van der Waals surface area contributed by atoms with Gasteiger partial charge in [0.15, 0.2) is 6.29 Å². The number of carbonyl (C=O) groups is 1. The van der Waals surface area contributed by atoms with Crippen LogP contribution in [-0.4, -0.2) is 43.3 Å². The molecule has 3 atom stereocenters. The molecule has 0 aliphatic carbocycles. The van der Waals surface area contributed by atoms with E-state index in [-0.39, 0.29) is 24.8 Å². The zero-order valence-corrected chi connectivity index (χ0v) is 10.8. The number of ether oxygens (including phenoxy) is 3. The molecule has 0 unspecified atom stereocenters. The number of hydrogen-bond acceptors (Lipinski definition) is 5. The van der Waals surface area contributed by atoms with Gasteiger partial charge in [-0.15, -0.1) is 0 Å². The molecule has 5 nitrogen and oxygen atoms in total. The van der Waals surface area contributed by atoms with Gasteiger partial charge in [-0.2, -0.15) is 0 Å². The molecule has 0 aromatic heterocycles. The number of hydrogen-bond donors (Lipinski definition) is 1. The molecule has 1 N–H and O–H groups in total. The van der Waals surface area contributed by atoms with Crippen molar-refractivity contribution < 1.29 is 24.1 Å². The molecule has 1 aliphatic rings. The van der Waals surface area contributed by atoms with E-state index in [9.17, 15) is 4.79 Å². The number of carbonyl (C=O) groups excluding carboxylic acids is 1. The van der Waals surface area contributed by atoms with Crippen LogP contribution in [-0.2, 0) is 14.2 Å². The van der Waals surface area contributed by atoms with Gasteiger partial charge in [0, 0.05) is 20.0 Å². The number of aliphatic hydroxyl groups excluding tert-OH is 1. The number of esters is 1.